The van der Waals surface area contributed by atoms with Crippen LogP contribution in [0.5, 0.6) is 0 Å². The summed E-state index contributed by atoms with van der Waals surface area (Å²) in [6.45, 7) is 2.41. The molecule has 0 bridgehead atoms. The molecule has 1 aliphatic rings. The minimum Gasteiger partial charge on any atom is -0.363 e. The van der Waals surface area contributed by atoms with Crippen LogP contribution in [0.2, 0.25) is 0 Å². The largest absolute Gasteiger partial charge is 0.363 e. The van der Waals surface area contributed by atoms with Crippen molar-refractivity contribution in [1.29, 1.82) is 0 Å². The summed E-state index contributed by atoms with van der Waals surface area (Å²) in [7, 11) is 1.82. The first-order valence-electron chi connectivity index (χ1n) is 3.10. The van der Waals surface area contributed by atoms with Gasteiger partial charge in [-0.25, -0.2) is 0 Å². The zero-order valence-corrected chi connectivity index (χ0v) is 5.30. The highest BCUT2D eigenvalue weighted by Crippen LogP contribution is 2.03. The van der Waals surface area contributed by atoms with E-state index in [1.54, 1.807) is 0 Å². The fourth-order valence-electron chi connectivity index (χ4n) is 1.02. The minimum absolute atomic E-state index is 1.21. The predicted molar refractivity (Wildman–Crippen MR) is 35.2 cm³/mol. The lowest BCUT2D eigenvalue weighted by Crippen LogP contribution is -2.15. The maximum absolute atomic E-state index is 3.92. The van der Waals surface area contributed by atoms with E-state index in [2.05, 4.69) is 9.89 Å². The molecule has 0 aromatic rings. The van der Waals surface area contributed by atoms with Gasteiger partial charge < -0.3 is 4.90 Å². The minimum atomic E-state index is 1.21. The molecule has 1 heterocycles. The fourth-order valence-corrected chi connectivity index (χ4v) is 1.02. The molecule has 8 heavy (non-hydrogen) atoms. The van der Waals surface area contributed by atoms with Gasteiger partial charge in [-0.15, -0.1) is 0 Å². The van der Waals surface area contributed by atoms with Gasteiger partial charge in [0, 0.05) is 20.1 Å². The first-order valence-corrected chi connectivity index (χ1v) is 3.10. The summed E-state index contributed by atoms with van der Waals surface area (Å²) in [6, 6.07) is 0. The predicted octanol–water partition coefficient (Wildman–Crippen LogP) is 0.740. The highest BCUT2D eigenvalue weighted by molar-refractivity contribution is 5.54. The molecule has 0 unspecified atom stereocenters. The van der Waals surface area contributed by atoms with Crippen LogP contribution in [0.1, 0.15) is 12.8 Å². The Morgan fingerprint density at radius 1 is 1.38 bits per heavy atom. The second-order valence-electron chi connectivity index (χ2n) is 2.12. The topological polar surface area (TPSA) is 15.6 Å². The molecular weight excluding hydrogens is 100 g/mol. The van der Waals surface area contributed by atoms with E-state index in [1.807, 2.05) is 13.4 Å². The molecule has 0 aromatic carbocycles. The van der Waals surface area contributed by atoms with Crippen molar-refractivity contribution in [1.82, 2.24) is 4.90 Å². The quantitative estimate of drug-likeness (QED) is 0.361. The smallest absolute Gasteiger partial charge is 0.0846 e. The van der Waals surface area contributed by atoms with Crippen LogP contribution in [0.15, 0.2) is 4.99 Å². The number of hydrogen-bond donors (Lipinski definition) is 0. The van der Waals surface area contributed by atoms with E-state index in [-0.39, 0.29) is 0 Å². The van der Waals surface area contributed by atoms with Crippen molar-refractivity contribution >= 4 is 6.34 Å². The number of aliphatic imine (C=N–C) groups is 1. The van der Waals surface area contributed by atoms with Gasteiger partial charge in [0.15, 0.2) is 0 Å². The van der Waals surface area contributed by atoms with Gasteiger partial charge in [0.25, 0.3) is 0 Å². The van der Waals surface area contributed by atoms with Gasteiger partial charge in [-0.2, -0.15) is 0 Å². The van der Waals surface area contributed by atoms with Crippen LogP contribution in [0.4, 0.5) is 0 Å². The van der Waals surface area contributed by atoms with E-state index in [9.17, 15) is 0 Å². The van der Waals surface area contributed by atoms with Crippen molar-refractivity contribution in [3.63, 3.8) is 0 Å². The Kier molecular flexibility index (Phi) is 1.89. The van der Waals surface area contributed by atoms with E-state index in [1.165, 1.54) is 25.9 Å². The molecule has 1 saturated heterocycles. The van der Waals surface area contributed by atoms with Crippen molar-refractivity contribution in [3.05, 3.63) is 0 Å². The molecule has 1 rings (SSSR count). The molecule has 0 aromatic heterocycles. The first kappa shape index (κ1) is 5.60. The summed E-state index contributed by atoms with van der Waals surface area (Å²) < 4.78 is 0. The van der Waals surface area contributed by atoms with E-state index in [0.29, 0.717) is 0 Å². The van der Waals surface area contributed by atoms with Gasteiger partial charge in [0.1, 0.15) is 0 Å². The lowest BCUT2D eigenvalue weighted by atomic mass is 10.4. The Morgan fingerprint density at radius 3 is 2.50 bits per heavy atom. The monoisotopic (exact) mass is 112 g/mol. The van der Waals surface area contributed by atoms with E-state index in [0.717, 1.165) is 0 Å². The molecule has 1 aliphatic heterocycles. The third-order valence-corrected chi connectivity index (χ3v) is 1.42. The third-order valence-electron chi connectivity index (χ3n) is 1.42. The second kappa shape index (κ2) is 2.70. The summed E-state index contributed by atoms with van der Waals surface area (Å²) in [4.78, 5) is 6.17. The Morgan fingerprint density at radius 2 is 2.00 bits per heavy atom. The maximum Gasteiger partial charge on any atom is 0.0846 e. The SMILES string of the molecule is C/N=C/N1CCCC1. The van der Waals surface area contributed by atoms with Gasteiger partial charge in [-0.3, -0.25) is 4.99 Å². The van der Waals surface area contributed by atoms with Crippen molar-refractivity contribution in [2.45, 2.75) is 12.8 Å². The molecule has 2 nitrogen and oxygen atoms in total. The van der Waals surface area contributed by atoms with Crippen LogP contribution < -0.4 is 0 Å². The molecule has 46 valence electrons. The fraction of sp³-hybridized carbons (Fsp3) is 0.833. The number of nitrogens with zero attached hydrogens (tertiary/aromatic N) is 2. The summed E-state index contributed by atoms with van der Waals surface area (Å²) >= 11 is 0. The number of hydrogen-bond acceptors (Lipinski definition) is 1. The van der Waals surface area contributed by atoms with Gasteiger partial charge in [0.05, 0.1) is 6.34 Å². The Labute approximate surface area is 50.2 Å². The average molecular weight is 112 g/mol. The molecule has 0 atom stereocenters. The molecule has 0 N–H and O–H groups in total. The Bertz CT molecular complexity index is 82.5. The standard InChI is InChI=1S/C6H12N2/c1-7-6-8-4-2-3-5-8/h6H,2-5H2,1H3/b7-6+. The van der Waals surface area contributed by atoms with Crippen molar-refractivity contribution < 1.29 is 0 Å². The molecule has 0 spiro atoms. The highest BCUT2D eigenvalue weighted by atomic mass is 15.2. The lowest BCUT2D eigenvalue weighted by Gasteiger charge is -2.07. The van der Waals surface area contributed by atoms with Crippen LogP contribution >= 0.6 is 0 Å². The summed E-state index contributed by atoms with van der Waals surface area (Å²) in [5.74, 6) is 0. The zero-order valence-electron chi connectivity index (χ0n) is 5.30. The van der Waals surface area contributed by atoms with Crippen LogP contribution in [0.3, 0.4) is 0 Å². The van der Waals surface area contributed by atoms with Gasteiger partial charge in [-0.1, -0.05) is 0 Å². The molecule has 2 heteroatoms. The first-order chi connectivity index (χ1) is 3.93. The third kappa shape index (κ3) is 1.22. The van der Waals surface area contributed by atoms with E-state index in [4.69, 9.17) is 0 Å². The molecule has 0 aliphatic carbocycles. The van der Waals surface area contributed by atoms with E-state index >= 15 is 0 Å². The van der Waals surface area contributed by atoms with Crippen molar-refractivity contribution in [2.24, 2.45) is 4.99 Å². The molecule has 0 amide bonds. The zero-order chi connectivity index (χ0) is 5.82. The van der Waals surface area contributed by atoms with Crippen LogP contribution in [-0.4, -0.2) is 31.4 Å². The number of likely N-dealkylation sites (tertiary alicyclic amines) is 1. The molecule has 0 radical (unpaired) electrons. The van der Waals surface area contributed by atoms with Crippen LogP contribution in [0, 0.1) is 0 Å². The van der Waals surface area contributed by atoms with Crippen LogP contribution in [0.25, 0.3) is 0 Å². The Hall–Kier alpha value is -0.530. The average Bonchev–Trinajstić information content (AvgIpc) is 2.19. The van der Waals surface area contributed by atoms with Gasteiger partial charge in [0.2, 0.25) is 0 Å². The summed E-state index contributed by atoms with van der Waals surface area (Å²) in [5.41, 5.74) is 0. The van der Waals surface area contributed by atoms with E-state index < -0.39 is 0 Å². The summed E-state index contributed by atoms with van der Waals surface area (Å²) in [6.07, 6.45) is 4.60. The maximum atomic E-state index is 3.92. The lowest BCUT2D eigenvalue weighted by molar-refractivity contribution is 0.535. The normalized spacial score (nSPS) is 20.9. The number of rotatable bonds is 1. The molecular formula is C6H12N2. The summed E-state index contributed by atoms with van der Waals surface area (Å²) in [5, 5.41) is 0. The van der Waals surface area contributed by atoms with Crippen molar-refractivity contribution in [2.75, 3.05) is 20.1 Å². The second-order valence-corrected chi connectivity index (χ2v) is 2.12. The Balaban J connectivity index is 2.24. The van der Waals surface area contributed by atoms with Gasteiger partial charge in [-0.05, 0) is 12.8 Å². The molecule has 0 saturated carbocycles. The van der Waals surface area contributed by atoms with Crippen molar-refractivity contribution in [3.8, 4) is 0 Å². The van der Waals surface area contributed by atoms with Crippen LogP contribution in [-0.2, 0) is 0 Å². The highest BCUT2D eigenvalue weighted by Gasteiger charge is 2.05. The molecule has 1 fully saturated rings. The van der Waals surface area contributed by atoms with Gasteiger partial charge >= 0.3 is 0 Å².